The molecule has 0 saturated heterocycles. The molecule has 0 spiro atoms. The fraction of sp³-hybridized carbons (Fsp3) is 0.389. The van der Waals surface area contributed by atoms with Gasteiger partial charge in [0.2, 0.25) is 0 Å². The lowest BCUT2D eigenvalue weighted by Crippen LogP contribution is -2.27. The Morgan fingerprint density at radius 2 is 1.86 bits per heavy atom. The molecule has 0 N–H and O–H groups in total. The number of aromatic nitrogens is 1. The lowest BCUT2D eigenvalue weighted by molar-refractivity contribution is 0.0911. The number of benzene rings is 1. The zero-order valence-corrected chi connectivity index (χ0v) is 13.7. The maximum atomic E-state index is 12.4. The lowest BCUT2D eigenvalue weighted by atomic mass is 9.76. The van der Waals surface area contributed by atoms with Crippen LogP contribution in [0.25, 0.3) is 5.69 Å². The highest BCUT2D eigenvalue weighted by Gasteiger charge is 2.34. The first kappa shape index (κ1) is 14.4. The molecule has 1 heterocycles. The minimum Gasteiger partial charge on any atom is -0.316 e. The Bertz CT molecular complexity index is 740. The Hall–Kier alpha value is -1.54. The van der Waals surface area contributed by atoms with Gasteiger partial charge in [-0.05, 0) is 49.4 Å². The predicted octanol–water partition coefficient (Wildman–Crippen LogP) is 4.90. The number of aryl methyl sites for hydroxylation is 2. The van der Waals surface area contributed by atoms with Crippen LogP contribution in [-0.4, -0.2) is 10.4 Å². The van der Waals surface area contributed by atoms with Crippen molar-refractivity contribution in [2.45, 2.75) is 40.5 Å². The third kappa shape index (κ3) is 2.42. The smallest absolute Gasteiger partial charge is 0.165 e. The van der Waals surface area contributed by atoms with E-state index in [1.54, 1.807) is 0 Å². The topological polar surface area (TPSA) is 22.0 Å². The molecule has 110 valence electrons. The summed E-state index contributed by atoms with van der Waals surface area (Å²) in [5, 5.41) is 0.720. The van der Waals surface area contributed by atoms with E-state index in [-0.39, 0.29) is 11.2 Å². The van der Waals surface area contributed by atoms with Crippen molar-refractivity contribution in [3.05, 3.63) is 51.8 Å². The van der Waals surface area contributed by atoms with Crippen LogP contribution in [0.2, 0.25) is 5.02 Å². The zero-order valence-electron chi connectivity index (χ0n) is 13.0. The molecule has 0 atom stereocenters. The van der Waals surface area contributed by atoms with E-state index in [4.69, 9.17) is 11.6 Å². The molecular weight excluding hydrogens is 282 g/mol. The van der Waals surface area contributed by atoms with Crippen LogP contribution < -0.4 is 0 Å². The maximum absolute atomic E-state index is 12.4. The number of ketones is 1. The van der Waals surface area contributed by atoms with Crippen LogP contribution in [0.5, 0.6) is 0 Å². The Kier molecular flexibility index (Phi) is 3.25. The SMILES string of the molecule is Cc1ccc(Cl)c(-n2c(C)cc3c2CC(C)(C)CC3=O)c1. The normalized spacial score (nSPS) is 16.9. The van der Waals surface area contributed by atoms with Crippen LogP contribution in [0.4, 0.5) is 0 Å². The Morgan fingerprint density at radius 1 is 1.14 bits per heavy atom. The molecule has 2 aromatic rings. The number of hydrogen-bond acceptors (Lipinski definition) is 1. The molecule has 0 amide bonds. The molecule has 21 heavy (non-hydrogen) atoms. The summed E-state index contributed by atoms with van der Waals surface area (Å²) in [5.41, 5.74) is 5.17. The molecule has 0 fully saturated rings. The Balaban J connectivity index is 2.26. The van der Waals surface area contributed by atoms with Crippen LogP contribution in [0.1, 0.15) is 47.6 Å². The van der Waals surface area contributed by atoms with Crippen LogP contribution in [0.3, 0.4) is 0 Å². The summed E-state index contributed by atoms with van der Waals surface area (Å²) < 4.78 is 2.16. The van der Waals surface area contributed by atoms with Gasteiger partial charge in [0, 0.05) is 23.4 Å². The molecule has 0 aliphatic heterocycles. The molecule has 1 aliphatic rings. The molecule has 2 nitrogen and oxygen atoms in total. The van der Waals surface area contributed by atoms with Crippen molar-refractivity contribution in [2.24, 2.45) is 5.41 Å². The number of carbonyl (C=O) groups is 1. The Labute approximate surface area is 130 Å². The minimum absolute atomic E-state index is 0.00290. The average Bonchev–Trinajstić information content (AvgIpc) is 2.68. The van der Waals surface area contributed by atoms with E-state index in [1.165, 1.54) is 0 Å². The number of hydrogen-bond donors (Lipinski definition) is 0. The van der Waals surface area contributed by atoms with Gasteiger partial charge in [-0.3, -0.25) is 4.79 Å². The van der Waals surface area contributed by atoms with Gasteiger partial charge in [0.05, 0.1) is 10.7 Å². The van der Waals surface area contributed by atoms with Gasteiger partial charge in [-0.2, -0.15) is 0 Å². The third-order valence-electron chi connectivity index (χ3n) is 4.21. The highest BCUT2D eigenvalue weighted by molar-refractivity contribution is 6.32. The van der Waals surface area contributed by atoms with Crippen molar-refractivity contribution in [1.82, 2.24) is 4.57 Å². The molecule has 1 aliphatic carbocycles. The summed E-state index contributed by atoms with van der Waals surface area (Å²) in [7, 11) is 0. The summed E-state index contributed by atoms with van der Waals surface area (Å²) in [6.45, 7) is 8.40. The first-order valence-corrected chi connectivity index (χ1v) is 7.67. The second-order valence-corrected chi connectivity index (χ2v) is 7.28. The van der Waals surface area contributed by atoms with Gasteiger partial charge in [-0.15, -0.1) is 0 Å². The molecular formula is C18H20ClNO. The van der Waals surface area contributed by atoms with Gasteiger partial charge < -0.3 is 4.57 Å². The van der Waals surface area contributed by atoms with Gasteiger partial charge in [-0.25, -0.2) is 0 Å². The second kappa shape index (κ2) is 4.74. The van der Waals surface area contributed by atoms with Crippen LogP contribution >= 0.6 is 11.6 Å². The van der Waals surface area contributed by atoms with Crippen LogP contribution in [0.15, 0.2) is 24.3 Å². The predicted molar refractivity (Wildman–Crippen MR) is 86.7 cm³/mol. The molecule has 0 saturated carbocycles. The molecule has 1 aromatic heterocycles. The van der Waals surface area contributed by atoms with E-state index in [2.05, 4.69) is 31.4 Å². The van der Waals surface area contributed by atoms with Crippen LogP contribution in [-0.2, 0) is 6.42 Å². The Morgan fingerprint density at radius 3 is 2.57 bits per heavy atom. The maximum Gasteiger partial charge on any atom is 0.165 e. The van der Waals surface area contributed by atoms with Gasteiger partial charge in [-0.1, -0.05) is 31.5 Å². The number of halogens is 1. The van der Waals surface area contributed by atoms with Gasteiger partial charge in [0.15, 0.2) is 5.78 Å². The van der Waals surface area contributed by atoms with Gasteiger partial charge in [0.1, 0.15) is 0 Å². The first-order valence-electron chi connectivity index (χ1n) is 7.29. The lowest BCUT2D eigenvalue weighted by Gasteiger charge is -2.30. The summed E-state index contributed by atoms with van der Waals surface area (Å²) in [4.78, 5) is 12.4. The van der Waals surface area contributed by atoms with E-state index in [0.717, 1.165) is 39.6 Å². The standard InChI is InChI=1S/C18H20ClNO/c1-11-5-6-14(19)15(7-11)20-12(2)8-13-16(20)9-18(3,4)10-17(13)21/h5-8H,9-10H2,1-4H3. The summed E-state index contributed by atoms with van der Waals surface area (Å²) in [6, 6.07) is 8.02. The fourth-order valence-corrected chi connectivity index (χ4v) is 3.48. The molecule has 0 bridgehead atoms. The van der Waals surface area contributed by atoms with E-state index >= 15 is 0 Å². The monoisotopic (exact) mass is 301 g/mol. The highest BCUT2D eigenvalue weighted by Crippen LogP contribution is 2.38. The van der Waals surface area contributed by atoms with Crippen molar-refractivity contribution >= 4 is 17.4 Å². The molecule has 0 radical (unpaired) electrons. The number of fused-ring (bicyclic) bond motifs is 1. The minimum atomic E-state index is 0.00290. The van der Waals surface area contributed by atoms with Crippen LogP contribution in [0, 0.1) is 19.3 Å². The number of nitrogens with zero attached hydrogens (tertiary/aromatic N) is 1. The van der Waals surface area contributed by atoms with E-state index in [0.29, 0.717) is 6.42 Å². The first-order chi connectivity index (χ1) is 9.78. The second-order valence-electron chi connectivity index (χ2n) is 6.88. The highest BCUT2D eigenvalue weighted by atomic mass is 35.5. The van der Waals surface area contributed by atoms with E-state index in [1.807, 2.05) is 25.1 Å². The van der Waals surface area contributed by atoms with E-state index in [9.17, 15) is 4.79 Å². The molecule has 0 unspecified atom stereocenters. The third-order valence-corrected chi connectivity index (χ3v) is 4.53. The van der Waals surface area contributed by atoms with Crippen molar-refractivity contribution in [2.75, 3.05) is 0 Å². The largest absolute Gasteiger partial charge is 0.316 e. The van der Waals surface area contributed by atoms with Gasteiger partial charge >= 0.3 is 0 Å². The number of Topliss-reactive ketones (excluding diaryl/α,β-unsaturated/α-hetero) is 1. The molecule has 3 rings (SSSR count). The summed E-state index contributed by atoms with van der Waals surface area (Å²) in [6.07, 6.45) is 1.51. The number of carbonyl (C=O) groups excluding carboxylic acids is 1. The quantitative estimate of drug-likeness (QED) is 0.734. The van der Waals surface area contributed by atoms with Gasteiger partial charge in [0.25, 0.3) is 0 Å². The summed E-state index contributed by atoms with van der Waals surface area (Å²) >= 11 is 6.40. The van der Waals surface area contributed by atoms with Crippen molar-refractivity contribution in [3.8, 4) is 5.69 Å². The van der Waals surface area contributed by atoms with E-state index < -0.39 is 0 Å². The molecule has 1 aromatic carbocycles. The summed E-state index contributed by atoms with van der Waals surface area (Å²) in [5.74, 6) is 0.242. The average molecular weight is 302 g/mol. The van der Waals surface area contributed by atoms with Crippen molar-refractivity contribution < 1.29 is 4.79 Å². The van der Waals surface area contributed by atoms with Crippen molar-refractivity contribution in [3.63, 3.8) is 0 Å². The fourth-order valence-electron chi connectivity index (χ4n) is 3.28. The van der Waals surface area contributed by atoms with Crippen molar-refractivity contribution in [1.29, 1.82) is 0 Å². The number of rotatable bonds is 1. The molecule has 3 heteroatoms. The zero-order chi connectivity index (χ0) is 15.4.